The van der Waals surface area contributed by atoms with Gasteiger partial charge in [-0.1, -0.05) is 48.0 Å². The Morgan fingerprint density at radius 3 is 2.41 bits per heavy atom. The van der Waals surface area contributed by atoms with Crippen molar-refractivity contribution in [3.63, 3.8) is 0 Å². The summed E-state index contributed by atoms with van der Waals surface area (Å²) in [5.41, 5.74) is 3.81. The van der Waals surface area contributed by atoms with Gasteiger partial charge in [0.05, 0.1) is 24.0 Å². The lowest BCUT2D eigenvalue weighted by molar-refractivity contribution is -0.124. The molecule has 0 radical (unpaired) electrons. The van der Waals surface area contributed by atoms with E-state index in [1.807, 2.05) is 36.4 Å². The van der Waals surface area contributed by atoms with Gasteiger partial charge < -0.3 is 10.1 Å². The molecule has 0 bridgehead atoms. The molecule has 0 spiro atoms. The van der Waals surface area contributed by atoms with Crippen molar-refractivity contribution < 1.29 is 14.3 Å². The molecule has 0 fully saturated rings. The summed E-state index contributed by atoms with van der Waals surface area (Å²) in [4.78, 5) is 23.9. The number of nitrogens with zero attached hydrogens (tertiary/aromatic N) is 1. The van der Waals surface area contributed by atoms with Gasteiger partial charge in [-0.25, -0.2) is 5.43 Å². The maximum Gasteiger partial charge on any atom is 0.240 e. The number of fused-ring (bicyclic) bond motifs is 1. The Morgan fingerprint density at radius 2 is 1.66 bits per heavy atom. The molecule has 7 heteroatoms. The van der Waals surface area contributed by atoms with Gasteiger partial charge in [0.15, 0.2) is 0 Å². The number of nitrogens with one attached hydrogen (secondary N) is 2. The molecule has 0 heterocycles. The number of methoxy groups -OCH3 is 1. The van der Waals surface area contributed by atoms with Gasteiger partial charge in [0.2, 0.25) is 11.8 Å². The number of carbonyl (C=O) groups excluding carboxylic acids is 2. The third-order valence-corrected chi connectivity index (χ3v) is 4.59. The maximum atomic E-state index is 12.0. The molecule has 3 aromatic rings. The smallest absolute Gasteiger partial charge is 0.240 e. The van der Waals surface area contributed by atoms with E-state index in [9.17, 15) is 9.59 Å². The summed E-state index contributed by atoms with van der Waals surface area (Å²) in [6.45, 7) is 0. The number of hydrogen-bond acceptors (Lipinski definition) is 4. The first kappa shape index (κ1) is 20.4. The van der Waals surface area contributed by atoms with E-state index in [-0.39, 0.29) is 24.7 Å². The van der Waals surface area contributed by atoms with Crippen molar-refractivity contribution >= 4 is 46.1 Å². The molecule has 0 aromatic heterocycles. The Labute approximate surface area is 173 Å². The van der Waals surface area contributed by atoms with Crippen LogP contribution in [-0.2, 0) is 9.59 Å². The second-order valence-corrected chi connectivity index (χ2v) is 6.63. The minimum Gasteiger partial charge on any atom is -0.496 e. The molecule has 29 heavy (non-hydrogen) atoms. The van der Waals surface area contributed by atoms with Gasteiger partial charge in [0.1, 0.15) is 5.75 Å². The quantitative estimate of drug-likeness (QED) is 0.449. The van der Waals surface area contributed by atoms with Crippen LogP contribution in [0.2, 0.25) is 5.02 Å². The minimum absolute atomic E-state index is 0.0109. The second-order valence-electron chi connectivity index (χ2n) is 6.22. The molecule has 0 saturated heterocycles. The number of carbonyl (C=O) groups is 2. The number of para-hydroxylation sites is 1. The fourth-order valence-electron chi connectivity index (χ4n) is 2.82. The lowest BCUT2D eigenvalue weighted by atomic mass is 10.0. The topological polar surface area (TPSA) is 79.8 Å². The summed E-state index contributed by atoms with van der Waals surface area (Å²) in [5.74, 6) is 0.123. The van der Waals surface area contributed by atoms with Crippen LogP contribution < -0.4 is 15.5 Å². The van der Waals surface area contributed by atoms with Crippen LogP contribution in [0.5, 0.6) is 5.75 Å². The Kier molecular flexibility index (Phi) is 6.81. The largest absolute Gasteiger partial charge is 0.496 e. The van der Waals surface area contributed by atoms with Gasteiger partial charge in [0, 0.05) is 23.8 Å². The van der Waals surface area contributed by atoms with Crippen LogP contribution >= 0.6 is 11.6 Å². The summed E-state index contributed by atoms with van der Waals surface area (Å²) in [6, 6.07) is 18.4. The Bertz CT molecular complexity index is 1070. The minimum atomic E-state index is -0.353. The number of hydrogen-bond donors (Lipinski definition) is 2. The first-order chi connectivity index (χ1) is 14.1. The molecular formula is C22H20ClN3O3. The van der Waals surface area contributed by atoms with E-state index >= 15 is 0 Å². The molecule has 2 amide bonds. The van der Waals surface area contributed by atoms with Crippen LogP contribution in [0.15, 0.2) is 65.8 Å². The number of rotatable bonds is 7. The van der Waals surface area contributed by atoms with Crippen molar-refractivity contribution in [1.29, 1.82) is 0 Å². The van der Waals surface area contributed by atoms with Crippen LogP contribution in [0.3, 0.4) is 0 Å². The standard InChI is InChI=1S/C22H20ClN3O3/c1-29-20-11-10-15(16-6-2-3-7-17(16)20)14-24-26-22(28)13-12-21(27)25-19-9-5-4-8-18(19)23/h2-11,14H,12-13H2,1H3,(H,25,27)(H,26,28)/b24-14+. The normalized spacial score (nSPS) is 10.8. The molecule has 0 aliphatic carbocycles. The predicted molar refractivity (Wildman–Crippen MR) is 116 cm³/mol. The lowest BCUT2D eigenvalue weighted by Crippen LogP contribution is -2.20. The van der Waals surface area contributed by atoms with Crippen LogP contribution in [0.1, 0.15) is 18.4 Å². The lowest BCUT2D eigenvalue weighted by Gasteiger charge is -2.08. The zero-order valence-corrected chi connectivity index (χ0v) is 16.6. The highest BCUT2D eigenvalue weighted by Crippen LogP contribution is 2.27. The highest BCUT2D eigenvalue weighted by Gasteiger charge is 2.09. The molecule has 0 aliphatic heterocycles. The zero-order valence-electron chi connectivity index (χ0n) is 15.8. The molecule has 0 unspecified atom stereocenters. The van der Waals surface area contributed by atoms with Crippen molar-refractivity contribution in [1.82, 2.24) is 5.43 Å². The third kappa shape index (κ3) is 5.33. The van der Waals surface area contributed by atoms with Crippen molar-refractivity contribution in [3.8, 4) is 5.75 Å². The molecule has 6 nitrogen and oxygen atoms in total. The fourth-order valence-corrected chi connectivity index (χ4v) is 3.00. The highest BCUT2D eigenvalue weighted by molar-refractivity contribution is 6.33. The average Bonchev–Trinajstić information content (AvgIpc) is 2.74. The Morgan fingerprint density at radius 1 is 0.966 bits per heavy atom. The van der Waals surface area contributed by atoms with E-state index in [4.69, 9.17) is 16.3 Å². The van der Waals surface area contributed by atoms with Gasteiger partial charge in [0.25, 0.3) is 0 Å². The number of hydrazone groups is 1. The van der Waals surface area contributed by atoms with Gasteiger partial charge >= 0.3 is 0 Å². The fraction of sp³-hybridized carbons (Fsp3) is 0.136. The molecule has 2 N–H and O–H groups in total. The van der Waals surface area contributed by atoms with Gasteiger partial charge in [-0.3, -0.25) is 9.59 Å². The highest BCUT2D eigenvalue weighted by atomic mass is 35.5. The van der Waals surface area contributed by atoms with Gasteiger partial charge in [-0.2, -0.15) is 5.10 Å². The third-order valence-electron chi connectivity index (χ3n) is 4.26. The zero-order chi connectivity index (χ0) is 20.6. The summed E-state index contributed by atoms with van der Waals surface area (Å²) in [7, 11) is 1.62. The number of anilines is 1. The summed E-state index contributed by atoms with van der Waals surface area (Å²) in [6.07, 6.45) is 1.61. The van der Waals surface area contributed by atoms with Crippen LogP contribution in [-0.4, -0.2) is 25.1 Å². The van der Waals surface area contributed by atoms with Crippen LogP contribution in [0.4, 0.5) is 5.69 Å². The number of halogens is 1. The maximum absolute atomic E-state index is 12.0. The number of benzene rings is 3. The Balaban J connectivity index is 1.54. The molecule has 3 rings (SSSR count). The molecular weight excluding hydrogens is 390 g/mol. The molecule has 0 saturated carbocycles. The van der Waals surface area contributed by atoms with Gasteiger partial charge in [-0.05, 0) is 29.7 Å². The Hall–Kier alpha value is -3.38. The van der Waals surface area contributed by atoms with Crippen LogP contribution in [0, 0.1) is 0 Å². The van der Waals surface area contributed by atoms with Crippen LogP contribution in [0.25, 0.3) is 10.8 Å². The monoisotopic (exact) mass is 409 g/mol. The summed E-state index contributed by atoms with van der Waals surface area (Å²) in [5, 5.41) is 9.05. The van der Waals surface area contributed by atoms with E-state index in [0.717, 1.165) is 22.1 Å². The van der Waals surface area contributed by atoms with Crippen molar-refractivity contribution in [2.45, 2.75) is 12.8 Å². The number of amides is 2. The first-order valence-corrected chi connectivity index (χ1v) is 9.38. The predicted octanol–water partition coefficient (Wildman–Crippen LogP) is 4.37. The van der Waals surface area contributed by atoms with E-state index in [2.05, 4.69) is 15.8 Å². The number of ether oxygens (including phenoxy) is 1. The van der Waals surface area contributed by atoms with Crippen molar-refractivity contribution in [2.75, 3.05) is 12.4 Å². The SMILES string of the molecule is COc1ccc(/C=N/NC(=O)CCC(=O)Nc2ccccc2Cl)c2ccccc12. The summed E-state index contributed by atoms with van der Waals surface area (Å²) >= 11 is 6.00. The molecule has 148 valence electrons. The van der Waals surface area contributed by atoms with Crippen molar-refractivity contribution in [3.05, 3.63) is 71.2 Å². The second kappa shape index (κ2) is 9.71. The average molecular weight is 410 g/mol. The molecule has 3 aromatic carbocycles. The van der Waals surface area contributed by atoms with Crippen molar-refractivity contribution in [2.24, 2.45) is 5.10 Å². The summed E-state index contributed by atoms with van der Waals surface area (Å²) < 4.78 is 5.37. The molecule has 0 aliphatic rings. The van der Waals surface area contributed by atoms with E-state index in [0.29, 0.717) is 10.7 Å². The molecule has 0 atom stereocenters. The van der Waals surface area contributed by atoms with Gasteiger partial charge in [-0.15, -0.1) is 0 Å². The first-order valence-electron chi connectivity index (χ1n) is 9.00. The van der Waals surface area contributed by atoms with E-state index in [1.54, 1.807) is 37.6 Å². The van der Waals surface area contributed by atoms with E-state index in [1.165, 1.54) is 0 Å². The van der Waals surface area contributed by atoms with E-state index < -0.39 is 0 Å².